The Labute approximate surface area is 234 Å². The van der Waals surface area contributed by atoms with Crippen molar-refractivity contribution in [1.82, 2.24) is 4.90 Å². The number of furan rings is 1. The van der Waals surface area contributed by atoms with Crippen molar-refractivity contribution in [1.29, 1.82) is 0 Å². The smallest absolute Gasteiger partial charge is 0.253 e. The maximum absolute atomic E-state index is 14.8. The second-order valence-electron chi connectivity index (χ2n) is 10.9. The molecule has 6 heteroatoms. The first-order valence-electron chi connectivity index (χ1n) is 13.4. The van der Waals surface area contributed by atoms with E-state index >= 15 is 0 Å². The van der Waals surface area contributed by atoms with Gasteiger partial charge in [0.2, 0.25) is 0 Å². The van der Waals surface area contributed by atoms with E-state index in [1.54, 1.807) is 6.26 Å². The molecule has 0 aliphatic carbocycles. The van der Waals surface area contributed by atoms with Gasteiger partial charge >= 0.3 is 0 Å². The maximum atomic E-state index is 14.8. The standard InChI is InChI=1S/C33H31ClN2O3/c1-21(2)23-13-15-24(16-14-23)31(37)30-26(29-12-7-17-39-29)20-35(3)33(30)27-10-4-5-11-28(27)36(32(33)38)19-22-8-6-9-25(34)18-22/h4-18,21,26,30H,19-20H2,1-3H3. The van der Waals surface area contributed by atoms with Crippen LogP contribution in [0.3, 0.4) is 0 Å². The molecular weight excluding hydrogens is 508 g/mol. The minimum absolute atomic E-state index is 0.0520. The van der Waals surface area contributed by atoms with E-state index in [1.165, 1.54) is 5.56 Å². The lowest BCUT2D eigenvalue weighted by Gasteiger charge is -2.36. The van der Waals surface area contributed by atoms with E-state index in [9.17, 15) is 9.59 Å². The summed E-state index contributed by atoms with van der Waals surface area (Å²) >= 11 is 6.28. The third-order valence-electron chi connectivity index (χ3n) is 8.38. The number of hydrogen-bond donors (Lipinski definition) is 0. The number of halogens is 1. The number of carbonyl (C=O) groups is 2. The van der Waals surface area contributed by atoms with Crippen molar-refractivity contribution in [3.63, 3.8) is 0 Å². The van der Waals surface area contributed by atoms with Crippen LogP contribution in [0.25, 0.3) is 0 Å². The zero-order valence-corrected chi connectivity index (χ0v) is 23.1. The molecule has 39 heavy (non-hydrogen) atoms. The summed E-state index contributed by atoms with van der Waals surface area (Å²) < 4.78 is 5.88. The van der Waals surface area contributed by atoms with E-state index in [0.29, 0.717) is 29.6 Å². The molecule has 0 saturated carbocycles. The highest BCUT2D eigenvalue weighted by atomic mass is 35.5. The molecule has 1 aromatic heterocycles. The number of hydrogen-bond acceptors (Lipinski definition) is 4. The number of ketones is 1. The fourth-order valence-corrected chi connectivity index (χ4v) is 6.73. The molecule has 2 aliphatic rings. The number of nitrogens with zero attached hydrogens (tertiary/aromatic N) is 2. The molecule has 6 rings (SSSR count). The fourth-order valence-electron chi connectivity index (χ4n) is 6.52. The third kappa shape index (κ3) is 4.03. The third-order valence-corrected chi connectivity index (χ3v) is 8.62. The average Bonchev–Trinajstić information content (AvgIpc) is 3.63. The average molecular weight is 539 g/mol. The van der Waals surface area contributed by atoms with Gasteiger partial charge in [0.1, 0.15) is 11.3 Å². The summed E-state index contributed by atoms with van der Waals surface area (Å²) in [5, 5.41) is 0.621. The Bertz CT molecular complexity index is 1530. The molecule has 0 bridgehead atoms. The highest BCUT2D eigenvalue weighted by Gasteiger charge is 2.66. The van der Waals surface area contributed by atoms with Crippen LogP contribution in [-0.2, 0) is 16.9 Å². The molecule has 1 saturated heterocycles. The minimum Gasteiger partial charge on any atom is -0.469 e. The van der Waals surface area contributed by atoms with E-state index in [1.807, 2.05) is 96.9 Å². The maximum Gasteiger partial charge on any atom is 0.253 e. The second kappa shape index (κ2) is 9.82. The highest BCUT2D eigenvalue weighted by Crippen LogP contribution is 2.57. The molecule has 1 amide bonds. The predicted molar refractivity (Wildman–Crippen MR) is 153 cm³/mol. The van der Waals surface area contributed by atoms with Gasteiger partial charge in [-0.05, 0) is 54.4 Å². The zero-order valence-electron chi connectivity index (χ0n) is 22.3. The lowest BCUT2D eigenvalue weighted by atomic mass is 9.71. The van der Waals surface area contributed by atoms with Gasteiger partial charge < -0.3 is 9.32 Å². The molecule has 3 aromatic carbocycles. The summed E-state index contributed by atoms with van der Waals surface area (Å²) in [6.45, 7) is 5.14. The van der Waals surface area contributed by atoms with Gasteiger partial charge in [0.25, 0.3) is 5.91 Å². The van der Waals surface area contributed by atoms with Crippen molar-refractivity contribution in [2.75, 3.05) is 18.5 Å². The highest BCUT2D eigenvalue weighted by molar-refractivity contribution is 6.30. The van der Waals surface area contributed by atoms with Gasteiger partial charge in [-0.1, -0.05) is 80.0 Å². The first-order valence-corrected chi connectivity index (χ1v) is 13.7. The Kier molecular flexibility index (Phi) is 6.44. The summed E-state index contributed by atoms with van der Waals surface area (Å²) in [4.78, 5) is 33.2. The molecule has 2 aliphatic heterocycles. The zero-order chi connectivity index (χ0) is 27.3. The van der Waals surface area contributed by atoms with Gasteiger partial charge in [-0.2, -0.15) is 0 Å². The number of rotatable bonds is 6. The Hall–Kier alpha value is -3.67. The van der Waals surface area contributed by atoms with Crippen LogP contribution in [0.1, 0.15) is 58.5 Å². The number of amides is 1. The van der Waals surface area contributed by atoms with Crippen molar-refractivity contribution in [3.8, 4) is 0 Å². The first kappa shape index (κ1) is 25.6. The second-order valence-corrected chi connectivity index (χ2v) is 11.4. The predicted octanol–water partition coefficient (Wildman–Crippen LogP) is 7.03. The monoisotopic (exact) mass is 538 g/mol. The Morgan fingerprint density at radius 2 is 1.79 bits per heavy atom. The van der Waals surface area contributed by atoms with Crippen LogP contribution < -0.4 is 4.90 Å². The molecule has 0 radical (unpaired) electrons. The molecule has 3 unspecified atom stereocenters. The number of fused-ring (bicyclic) bond motifs is 2. The number of Topliss-reactive ketones (excluding diaryl/α,β-unsaturated/α-hetero) is 1. The normalized spacial score (nSPS) is 22.7. The number of para-hydroxylation sites is 1. The number of anilines is 1. The quantitative estimate of drug-likeness (QED) is 0.247. The van der Waals surface area contributed by atoms with Crippen molar-refractivity contribution in [2.45, 2.75) is 37.8 Å². The van der Waals surface area contributed by atoms with Crippen LogP contribution in [0, 0.1) is 5.92 Å². The van der Waals surface area contributed by atoms with Crippen molar-refractivity contribution >= 4 is 29.0 Å². The van der Waals surface area contributed by atoms with Crippen LogP contribution >= 0.6 is 11.6 Å². The Morgan fingerprint density at radius 1 is 1.03 bits per heavy atom. The Morgan fingerprint density at radius 3 is 2.49 bits per heavy atom. The molecule has 1 spiro atoms. The molecule has 3 atom stereocenters. The van der Waals surface area contributed by atoms with Crippen LogP contribution in [0.5, 0.6) is 0 Å². The van der Waals surface area contributed by atoms with Crippen LogP contribution in [0.4, 0.5) is 5.69 Å². The topological polar surface area (TPSA) is 53.8 Å². The van der Waals surface area contributed by atoms with Crippen molar-refractivity contribution < 1.29 is 14.0 Å². The van der Waals surface area contributed by atoms with E-state index < -0.39 is 11.5 Å². The summed E-state index contributed by atoms with van der Waals surface area (Å²) in [7, 11) is 1.95. The largest absolute Gasteiger partial charge is 0.469 e. The molecule has 1 fully saturated rings. The summed E-state index contributed by atoms with van der Waals surface area (Å²) in [5.41, 5.74) is 3.21. The van der Waals surface area contributed by atoms with Gasteiger partial charge in [-0.15, -0.1) is 0 Å². The molecule has 4 aromatic rings. The minimum atomic E-state index is -1.17. The summed E-state index contributed by atoms with van der Waals surface area (Å²) in [6.07, 6.45) is 1.63. The molecule has 0 N–H and O–H groups in total. The summed E-state index contributed by atoms with van der Waals surface area (Å²) in [6, 6.07) is 27.0. The van der Waals surface area contributed by atoms with Gasteiger partial charge in [-0.3, -0.25) is 14.5 Å². The molecule has 5 nitrogen and oxygen atoms in total. The van der Waals surface area contributed by atoms with E-state index in [-0.39, 0.29) is 17.6 Å². The van der Waals surface area contributed by atoms with Crippen LogP contribution in [0.15, 0.2) is 95.6 Å². The number of carbonyl (C=O) groups excluding carboxylic acids is 2. The lowest BCUT2D eigenvalue weighted by molar-refractivity contribution is -0.129. The van der Waals surface area contributed by atoms with E-state index in [0.717, 1.165) is 22.6 Å². The van der Waals surface area contributed by atoms with Gasteiger partial charge in [-0.25, -0.2) is 0 Å². The molecular formula is C33H31ClN2O3. The fraction of sp³-hybridized carbons (Fsp3) is 0.273. The summed E-state index contributed by atoms with van der Waals surface area (Å²) in [5.74, 6) is -0.0325. The van der Waals surface area contributed by atoms with Crippen LogP contribution in [0.2, 0.25) is 5.02 Å². The molecule has 198 valence electrons. The first-order chi connectivity index (χ1) is 18.8. The number of likely N-dealkylation sites (tertiary alicyclic amines) is 1. The SMILES string of the molecule is CC(C)c1ccc(C(=O)C2C(c3ccco3)CN(C)C23C(=O)N(Cc2cccc(Cl)c2)c2ccccc23)cc1. The van der Waals surface area contributed by atoms with Gasteiger partial charge in [0.05, 0.1) is 18.7 Å². The van der Waals surface area contributed by atoms with Gasteiger partial charge in [0, 0.05) is 34.3 Å². The number of benzene rings is 3. The van der Waals surface area contributed by atoms with E-state index in [4.69, 9.17) is 16.0 Å². The van der Waals surface area contributed by atoms with Gasteiger partial charge in [0.15, 0.2) is 5.78 Å². The Balaban J connectivity index is 1.51. The lowest BCUT2D eigenvalue weighted by Crippen LogP contribution is -2.53. The van der Waals surface area contributed by atoms with Crippen LogP contribution in [-0.4, -0.2) is 30.2 Å². The molecule has 3 heterocycles. The van der Waals surface area contributed by atoms with Crippen molar-refractivity contribution in [2.24, 2.45) is 5.92 Å². The number of likely N-dealkylation sites (N-methyl/N-ethyl adjacent to an activating group) is 1. The van der Waals surface area contributed by atoms with Crippen molar-refractivity contribution in [3.05, 3.63) is 124 Å². The van der Waals surface area contributed by atoms with E-state index in [2.05, 4.69) is 18.7 Å².